The zero-order valence-corrected chi connectivity index (χ0v) is 19.8. The van der Waals surface area contributed by atoms with E-state index in [0.29, 0.717) is 23.8 Å². The minimum absolute atomic E-state index is 0.0338. The maximum absolute atomic E-state index is 13.1. The molecule has 0 bridgehead atoms. The van der Waals surface area contributed by atoms with Gasteiger partial charge in [0.2, 0.25) is 10.0 Å². The van der Waals surface area contributed by atoms with Crippen LogP contribution in [-0.2, 0) is 19.6 Å². The third-order valence-electron chi connectivity index (χ3n) is 5.31. The minimum Gasteiger partial charge on any atom is -0.449 e. The Morgan fingerprint density at radius 2 is 1.72 bits per heavy atom. The highest BCUT2D eigenvalue weighted by atomic mass is 35.5. The number of rotatable bonds is 6. The molecule has 1 saturated heterocycles. The van der Waals surface area contributed by atoms with E-state index in [1.165, 1.54) is 35.5 Å². The SMILES string of the molecule is CC1CC(C)CN(S(=O)(=O)c2cccc(C(=O)OC(C)C(=O)Nc3ccc(Cl)cc3)c2)C1. The summed E-state index contributed by atoms with van der Waals surface area (Å²) in [5, 5.41) is 3.17. The summed E-state index contributed by atoms with van der Waals surface area (Å²) in [7, 11) is -3.74. The Balaban J connectivity index is 1.69. The quantitative estimate of drug-likeness (QED) is 0.628. The Bertz CT molecular complexity index is 1080. The molecule has 32 heavy (non-hydrogen) atoms. The van der Waals surface area contributed by atoms with Crippen molar-refractivity contribution in [2.45, 2.75) is 38.2 Å². The van der Waals surface area contributed by atoms with E-state index < -0.39 is 28.0 Å². The van der Waals surface area contributed by atoms with Gasteiger partial charge in [0.25, 0.3) is 5.91 Å². The molecular weight excluding hydrogens is 452 g/mol. The van der Waals surface area contributed by atoms with E-state index in [1.807, 2.05) is 13.8 Å². The molecule has 0 aliphatic carbocycles. The van der Waals surface area contributed by atoms with Crippen LogP contribution in [0.1, 0.15) is 37.6 Å². The predicted molar refractivity (Wildman–Crippen MR) is 123 cm³/mol. The summed E-state index contributed by atoms with van der Waals surface area (Å²) in [6.45, 7) is 6.40. The number of anilines is 1. The van der Waals surface area contributed by atoms with Crippen LogP contribution in [-0.4, -0.2) is 43.8 Å². The number of ether oxygens (including phenoxy) is 1. The van der Waals surface area contributed by atoms with Gasteiger partial charge in [0.1, 0.15) is 0 Å². The summed E-state index contributed by atoms with van der Waals surface area (Å²) in [5.41, 5.74) is 0.579. The second-order valence-electron chi connectivity index (χ2n) is 8.34. The summed E-state index contributed by atoms with van der Waals surface area (Å²) in [6.07, 6.45) is -0.101. The van der Waals surface area contributed by atoms with Crippen molar-refractivity contribution in [3.05, 3.63) is 59.1 Å². The van der Waals surface area contributed by atoms with E-state index in [2.05, 4.69) is 5.32 Å². The fourth-order valence-corrected chi connectivity index (χ4v) is 5.65. The fraction of sp³-hybridized carbons (Fsp3) is 0.391. The number of benzene rings is 2. The molecular formula is C23H27ClN2O5S. The first-order chi connectivity index (χ1) is 15.1. The van der Waals surface area contributed by atoms with Gasteiger partial charge in [-0.15, -0.1) is 0 Å². The summed E-state index contributed by atoms with van der Waals surface area (Å²) in [6, 6.07) is 12.2. The predicted octanol–water partition coefficient (Wildman–Crippen LogP) is 4.19. The average Bonchev–Trinajstić information content (AvgIpc) is 2.74. The molecule has 172 valence electrons. The largest absolute Gasteiger partial charge is 0.449 e. The highest BCUT2D eigenvalue weighted by molar-refractivity contribution is 7.89. The molecule has 0 saturated carbocycles. The number of nitrogens with one attached hydrogen (secondary N) is 1. The van der Waals surface area contributed by atoms with Gasteiger partial charge in [-0.25, -0.2) is 13.2 Å². The number of hydrogen-bond donors (Lipinski definition) is 1. The summed E-state index contributed by atoms with van der Waals surface area (Å²) in [5.74, 6) is -0.759. The van der Waals surface area contributed by atoms with Crippen LogP contribution in [0.15, 0.2) is 53.4 Å². The first-order valence-corrected chi connectivity index (χ1v) is 12.3. The van der Waals surface area contributed by atoms with Crippen LogP contribution in [0.4, 0.5) is 5.69 Å². The highest BCUT2D eigenvalue weighted by Crippen LogP contribution is 2.27. The monoisotopic (exact) mass is 478 g/mol. The molecule has 7 nitrogen and oxygen atoms in total. The Morgan fingerprint density at radius 3 is 2.34 bits per heavy atom. The van der Waals surface area contributed by atoms with Crippen molar-refractivity contribution in [3.8, 4) is 0 Å². The summed E-state index contributed by atoms with van der Waals surface area (Å²) < 4.78 is 32.9. The molecule has 3 unspecified atom stereocenters. The van der Waals surface area contributed by atoms with Gasteiger partial charge in [-0.3, -0.25) is 4.79 Å². The Morgan fingerprint density at radius 1 is 1.09 bits per heavy atom. The van der Waals surface area contributed by atoms with Crippen LogP contribution in [0, 0.1) is 11.8 Å². The van der Waals surface area contributed by atoms with Gasteiger partial charge in [0, 0.05) is 23.8 Å². The Kier molecular flexibility index (Phi) is 7.59. The van der Waals surface area contributed by atoms with Crippen LogP contribution < -0.4 is 5.32 Å². The maximum atomic E-state index is 13.1. The number of sulfonamides is 1. The zero-order chi connectivity index (χ0) is 23.5. The maximum Gasteiger partial charge on any atom is 0.338 e. The van der Waals surface area contributed by atoms with E-state index in [0.717, 1.165) is 6.42 Å². The van der Waals surface area contributed by atoms with Gasteiger partial charge in [-0.05, 0) is 67.6 Å². The molecule has 1 amide bonds. The topological polar surface area (TPSA) is 92.8 Å². The van der Waals surface area contributed by atoms with Gasteiger partial charge < -0.3 is 10.1 Å². The fourth-order valence-electron chi connectivity index (χ4n) is 3.79. The van der Waals surface area contributed by atoms with Crippen LogP contribution in [0.3, 0.4) is 0 Å². The number of hydrogen-bond acceptors (Lipinski definition) is 5. The van der Waals surface area contributed by atoms with Crippen molar-refractivity contribution in [1.82, 2.24) is 4.31 Å². The third-order valence-corrected chi connectivity index (χ3v) is 7.39. The van der Waals surface area contributed by atoms with Crippen molar-refractivity contribution in [3.63, 3.8) is 0 Å². The van der Waals surface area contributed by atoms with E-state index in [4.69, 9.17) is 16.3 Å². The van der Waals surface area contributed by atoms with E-state index in [9.17, 15) is 18.0 Å². The molecule has 3 rings (SSSR count). The highest BCUT2D eigenvalue weighted by Gasteiger charge is 2.32. The summed E-state index contributed by atoms with van der Waals surface area (Å²) >= 11 is 5.83. The number of nitrogens with zero attached hydrogens (tertiary/aromatic N) is 1. The van der Waals surface area contributed by atoms with Gasteiger partial charge in [-0.2, -0.15) is 4.31 Å². The molecule has 1 fully saturated rings. The normalized spacial score (nSPS) is 20.4. The number of carbonyl (C=O) groups is 2. The van der Waals surface area contributed by atoms with Crippen LogP contribution in [0.2, 0.25) is 5.02 Å². The molecule has 0 spiro atoms. The molecule has 1 aliphatic heterocycles. The number of piperidine rings is 1. The second-order valence-corrected chi connectivity index (χ2v) is 10.7. The second kappa shape index (κ2) is 10.0. The lowest BCUT2D eigenvalue weighted by atomic mass is 9.94. The number of esters is 1. The first kappa shape index (κ1) is 24.2. The van der Waals surface area contributed by atoms with Crippen molar-refractivity contribution >= 4 is 39.2 Å². The van der Waals surface area contributed by atoms with Gasteiger partial charge >= 0.3 is 5.97 Å². The first-order valence-electron chi connectivity index (χ1n) is 10.4. The van der Waals surface area contributed by atoms with E-state index >= 15 is 0 Å². The number of halogens is 1. The van der Waals surface area contributed by atoms with Gasteiger partial charge in [0.15, 0.2) is 6.10 Å². The molecule has 3 atom stereocenters. The Hall–Kier alpha value is -2.42. The van der Waals surface area contributed by atoms with E-state index in [-0.39, 0.29) is 22.3 Å². The van der Waals surface area contributed by atoms with Crippen LogP contribution in [0.25, 0.3) is 0 Å². The molecule has 1 N–H and O–H groups in total. The lowest BCUT2D eigenvalue weighted by Gasteiger charge is -2.34. The molecule has 2 aromatic rings. The smallest absolute Gasteiger partial charge is 0.338 e. The molecule has 1 aliphatic rings. The molecule has 1 heterocycles. The third kappa shape index (κ3) is 5.88. The van der Waals surface area contributed by atoms with Gasteiger partial charge in [0.05, 0.1) is 10.5 Å². The standard InChI is InChI=1S/C23H27ClN2O5S/c1-15-11-16(2)14-26(13-15)32(29,30)21-6-4-5-18(12-21)23(28)31-17(3)22(27)25-20-9-7-19(24)8-10-20/h4-10,12,15-17H,11,13-14H2,1-3H3,(H,25,27). The van der Waals surface area contributed by atoms with Gasteiger partial charge in [-0.1, -0.05) is 31.5 Å². The van der Waals surface area contributed by atoms with Crippen LogP contribution in [0.5, 0.6) is 0 Å². The molecule has 0 radical (unpaired) electrons. The molecule has 2 aromatic carbocycles. The van der Waals surface area contributed by atoms with Crippen molar-refractivity contribution < 1.29 is 22.7 Å². The summed E-state index contributed by atoms with van der Waals surface area (Å²) in [4.78, 5) is 25.0. The van der Waals surface area contributed by atoms with Crippen molar-refractivity contribution in [2.75, 3.05) is 18.4 Å². The Labute approximate surface area is 193 Å². The molecule has 0 aromatic heterocycles. The van der Waals surface area contributed by atoms with Crippen LogP contribution >= 0.6 is 11.6 Å². The lowest BCUT2D eigenvalue weighted by Crippen LogP contribution is -2.42. The number of carbonyl (C=O) groups excluding carboxylic acids is 2. The average molecular weight is 479 g/mol. The number of amides is 1. The minimum atomic E-state index is -3.74. The zero-order valence-electron chi connectivity index (χ0n) is 18.2. The van der Waals surface area contributed by atoms with Crippen molar-refractivity contribution in [2.24, 2.45) is 11.8 Å². The molecule has 9 heteroatoms. The van der Waals surface area contributed by atoms with Crippen molar-refractivity contribution in [1.29, 1.82) is 0 Å². The lowest BCUT2D eigenvalue weighted by molar-refractivity contribution is -0.123. The van der Waals surface area contributed by atoms with E-state index in [1.54, 1.807) is 24.3 Å².